The minimum atomic E-state index is 0.706. The van der Waals surface area contributed by atoms with E-state index in [0.717, 1.165) is 12.3 Å². The maximum Gasteiger partial charge on any atom is -0.00436 e. The molecule has 1 heterocycles. The molecule has 1 aliphatic heterocycles. The zero-order valence-electron chi connectivity index (χ0n) is 10.8. The lowest BCUT2D eigenvalue weighted by Gasteiger charge is -2.50. The molecule has 0 amide bonds. The Balaban J connectivity index is 1.67. The number of benzene rings is 1. The zero-order valence-corrected chi connectivity index (χ0v) is 10.8. The third kappa shape index (κ3) is 2.13. The molecule has 0 bridgehead atoms. The molecule has 1 heteroatoms. The van der Waals surface area contributed by atoms with Gasteiger partial charge in [-0.25, -0.2) is 0 Å². The van der Waals surface area contributed by atoms with Crippen molar-refractivity contribution in [3.8, 4) is 0 Å². The molecule has 92 valence electrons. The van der Waals surface area contributed by atoms with Crippen molar-refractivity contribution in [2.24, 2.45) is 5.41 Å². The smallest absolute Gasteiger partial charge is 0.00436 e. The second kappa shape index (κ2) is 4.45. The van der Waals surface area contributed by atoms with Gasteiger partial charge in [0.25, 0.3) is 0 Å². The lowest BCUT2D eigenvalue weighted by atomic mass is 9.56. The maximum atomic E-state index is 3.48. The van der Waals surface area contributed by atoms with Crippen molar-refractivity contribution in [1.29, 1.82) is 0 Å². The molecule has 1 nitrogen and oxygen atoms in total. The van der Waals surface area contributed by atoms with Crippen LogP contribution in [0.15, 0.2) is 24.3 Å². The van der Waals surface area contributed by atoms with Gasteiger partial charge < -0.3 is 5.32 Å². The van der Waals surface area contributed by atoms with Crippen molar-refractivity contribution >= 4 is 0 Å². The minimum absolute atomic E-state index is 0.706. The fourth-order valence-electron chi connectivity index (χ4n) is 3.65. The molecular weight excluding hydrogens is 206 g/mol. The molecule has 1 saturated carbocycles. The van der Waals surface area contributed by atoms with E-state index in [4.69, 9.17) is 0 Å². The molecule has 17 heavy (non-hydrogen) atoms. The van der Waals surface area contributed by atoms with Gasteiger partial charge in [-0.15, -0.1) is 0 Å². The summed E-state index contributed by atoms with van der Waals surface area (Å²) >= 11 is 0. The van der Waals surface area contributed by atoms with Gasteiger partial charge in [0.1, 0.15) is 0 Å². The van der Waals surface area contributed by atoms with Crippen LogP contribution in [0.3, 0.4) is 0 Å². The summed E-state index contributed by atoms with van der Waals surface area (Å²) < 4.78 is 0. The molecule has 1 aliphatic carbocycles. The first-order valence-corrected chi connectivity index (χ1v) is 7.11. The third-order valence-corrected chi connectivity index (χ3v) is 4.85. The Kier molecular flexibility index (Phi) is 2.96. The van der Waals surface area contributed by atoms with Crippen molar-refractivity contribution in [2.75, 3.05) is 13.1 Å². The van der Waals surface area contributed by atoms with Crippen LogP contribution in [0, 0.1) is 5.41 Å². The standard InChI is InChI=1S/C16H23N/c1-2-13-4-3-5-14(10-13)15-11-16(12-15)6-8-17-9-7-16/h3-5,10,15,17H,2,6-9,11-12H2,1H3. The van der Waals surface area contributed by atoms with Gasteiger partial charge in [0.05, 0.1) is 0 Å². The van der Waals surface area contributed by atoms with Crippen LogP contribution in [-0.4, -0.2) is 13.1 Å². The summed E-state index contributed by atoms with van der Waals surface area (Å²) in [4.78, 5) is 0. The van der Waals surface area contributed by atoms with Crippen molar-refractivity contribution in [3.63, 3.8) is 0 Å². The van der Waals surface area contributed by atoms with Crippen LogP contribution in [0.25, 0.3) is 0 Å². The fraction of sp³-hybridized carbons (Fsp3) is 0.625. The van der Waals surface area contributed by atoms with Gasteiger partial charge in [-0.05, 0) is 67.7 Å². The highest BCUT2D eigenvalue weighted by atomic mass is 14.9. The first-order valence-electron chi connectivity index (χ1n) is 7.11. The molecule has 1 saturated heterocycles. The molecule has 2 aliphatic rings. The van der Waals surface area contributed by atoms with E-state index in [2.05, 4.69) is 36.5 Å². The summed E-state index contributed by atoms with van der Waals surface area (Å²) in [6.07, 6.45) is 6.83. The van der Waals surface area contributed by atoms with Crippen LogP contribution in [0.4, 0.5) is 0 Å². The summed E-state index contributed by atoms with van der Waals surface area (Å²) in [5.74, 6) is 0.847. The Morgan fingerprint density at radius 3 is 2.71 bits per heavy atom. The highest BCUT2D eigenvalue weighted by molar-refractivity contribution is 5.29. The first kappa shape index (κ1) is 11.3. The molecule has 0 radical (unpaired) electrons. The predicted molar refractivity (Wildman–Crippen MR) is 72.3 cm³/mol. The van der Waals surface area contributed by atoms with Crippen molar-refractivity contribution in [3.05, 3.63) is 35.4 Å². The fourth-order valence-corrected chi connectivity index (χ4v) is 3.65. The van der Waals surface area contributed by atoms with Crippen molar-refractivity contribution in [2.45, 2.75) is 44.9 Å². The van der Waals surface area contributed by atoms with E-state index in [1.807, 2.05) is 0 Å². The maximum absolute atomic E-state index is 3.48. The van der Waals surface area contributed by atoms with E-state index < -0.39 is 0 Å². The first-order chi connectivity index (χ1) is 8.31. The van der Waals surface area contributed by atoms with Crippen LogP contribution < -0.4 is 5.32 Å². The Labute approximate surface area is 105 Å². The summed E-state index contributed by atoms with van der Waals surface area (Å²) in [5, 5.41) is 3.48. The average molecular weight is 229 g/mol. The van der Waals surface area contributed by atoms with Gasteiger partial charge in [-0.2, -0.15) is 0 Å². The van der Waals surface area contributed by atoms with Gasteiger partial charge in [-0.1, -0.05) is 31.2 Å². The van der Waals surface area contributed by atoms with Gasteiger partial charge in [-0.3, -0.25) is 0 Å². The number of hydrogen-bond donors (Lipinski definition) is 1. The number of rotatable bonds is 2. The topological polar surface area (TPSA) is 12.0 Å². The van der Waals surface area contributed by atoms with Crippen LogP contribution >= 0.6 is 0 Å². The molecule has 1 aromatic rings. The minimum Gasteiger partial charge on any atom is -0.317 e. The Hall–Kier alpha value is -0.820. The number of hydrogen-bond acceptors (Lipinski definition) is 1. The monoisotopic (exact) mass is 229 g/mol. The molecule has 0 atom stereocenters. The average Bonchev–Trinajstić information content (AvgIpc) is 2.37. The Bertz CT molecular complexity index is 382. The van der Waals surface area contributed by atoms with E-state index in [1.54, 1.807) is 5.56 Å². The van der Waals surface area contributed by atoms with Crippen molar-refractivity contribution in [1.82, 2.24) is 5.32 Å². The van der Waals surface area contributed by atoms with E-state index in [1.165, 1.54) is 44.3 Å². The predicted octanol–water partition coefficient (Wildman–Crippen LogP) is 3.50. The molecule has 0 aromatic heterocycles. The van der Waals surface area contributed by atoms with Crippen LogP contribution in [0.2, 0.25) is 0 Å². The molecule has 3 rings (SSSR count). The molecular formula is C16H23N. The quantitative estimate of drug-likeness (QED) is 0.818. The van der Waals surface area contributed by atoms with Gasteiger partial charge in [0, 0.05) is 0 Å². The third-order valence-electron chi connectivity index (χ3n) is 4.85. The second-order valence-corrected chi connectivity index (χ2v) is 5.95. The Morgan fingerprint density at radius 2 is 2.00 bits per heavy atom. The highest BCUT2D eigenvalue weighted by Crippen LogP contribution is 2.55. The zero-order chi connectivity index (χ0) is 11.7. The van der Waals surface area contributed by atoms with Crippen LogP contribution in [0.1, 0.15) is 49.7 Å². The van der Waals surface area contributed by atoms with Crippen molar-refractivity contribution < 1.29 is 0 Å². The number of nitrogens with one attached hydrogen (secondary N) is 1. The molecule has 1 spiro atoms. The second-order valence-electron chi connectivity index (χ2n) is 5.95. The van der Waals surface area contributed by atoms with Crippen LogP contribution in [0.5, 0.6) is 0 Å². The van der Waals surface area contributed by atoms with Crippen LogP contribution in [-0.2, 0) is 6.42 Å². The summed E-state index contributed by atoms with van der Waals surface area (Å²) in [5.41, 5.74) is 3.79. The molecule has 0 unspecified atom stereocenters. The Morgan fingerprint density at radius 1 is 1.24 bits per heavy atom. The van der Waals surface area contributed by atoms with Gasteiger partial charge >= 0.3 is 0 Å². The van der Waals surface area contributed by atoms with E-state index in [-0.39, 0.29) is 0 Å². The SMILES string of the molecule is CCc1cccc(C2CC3(CCNCC3)C2)c1. The van der Waals surface area contributed by atoms with Gasteiger partial charge in [0.15, 0.2) is 0 Å². The number of piperidine rings is 1. The lowest BCUT2D eigenvalue weighted by Crippen LogP contribution is -2.44. The van der Waals surface area contributed by atoms with E-state index in [0.29, 0.717) is 5.41 Å². The van der Waals surface area contributed by atoms with E-state index >= 15 is 0 Å². The molecule has 1 N–H and O–H groups in total. The van der Waals surface area contributed by atoms with Gasteiger partial charge in [0.2, 0.25) is 0 Å². The normalized spacial score (nSPS) is 23.6. The largest absolute Gasteiger partial charge is 0.317 e. The van der Waals surface area contributed by atoms with E-state index in [9.17, 15) is 0 Å². The summed E-state index contributed by atoms with van der Waals surface area (Å²) in [6, 6.07) is 9.25. The summed E-state index contributed by atoms with van der Waals surface area (Å²) in [6.45, 7) is 4.72. The lowest BCUT2D eigenvalue weighted by molar-refractivity contribution is 0.0604. The number of aryl methyl sites for hydroxylation is 1. The summed E-state index contributed by atoms with van der Waals surface area (Å²) in [7, 11) is 0. The molecule has 2 fully saturated rings. The highest BCUT2D eigenvalue weighted by Gasteiger charge is 2.44. The molecule has 1 aromatic carbocycles.